The number of benzene rings is 4. The van der Waals surface area contributed by atoms with E-state index in [1.807, 2.05) is 60.7 Å². The van der Waals surface area contributed by atoms with E-state index in [1.54, 1.807) is 12.1 Å². The maximum Gasteiger partial charge on any atom is 0.417 e. The van der Waals surface area contributed by atoms with E-state index in [1.165, 1.54) is 18.2 Å². The minimum Gasteiger partial charge on any atom is -0.493 e. The first kappa shape index (κ1) is 30.4. The highest BCUT2D eigenvalue weighted by atomic mass is 35.5. The molecule has 0 bridgehead atoms. The average Bonchev–Trinajstić information content (AvgIpc) is 2.95. The first-order valence-electron chi connectivity index (χ1n) is 12.9. The smallest absolute Gasteiger partial charge is 0.417 e. The van der Waals surface area contributed by atoms with Crippen molar-refractivity contribution < 1.29 is 22.8 Å². The third kappa shape index (κ3) is 8.22. The molecule has 0 aliphatic carbocycles. The fourth-order valence-electron chi connectivity index (χ4n) is 4.63. The van der Waals surface area contributed by atoms with Gasteiger partial charge in [-0.25, -0.2) is 0 Å². The van der Waals surface area contributed by atoms with Crippen molar-refractivity contribution in [2.24, 2.45) is 0 Å². The van der Waals surface area contributed by atoms with Crippen LogP contribution >= 0.6 is 23.2 Å². The summed E-state index contributed by atoms with van der Waals surface area (Å²) in [7, 11) is 0. The zero-order chi connectivity index (χ0) is 29.4. The van der Waals surface area contributed by atoms with Crippen LogP contribution in [0.3, 0.4) is 0 Å². The number of nitro benzene ring substituents is 1. The van der Waals surface area contributed by atoms with E-state index in [0.717, 1.165) is 17.2 Å². The number of hydrogen-bond acceptors (Lipinski definition) is 4. The van der Waals surface area contributed by atoms with Crippen LogP contribution in [0.15, 0.2) is 97.1 Å². The van der Waals surface area contributed by atoms with E-state index in [4.69, 9.17) is 27.9 Å². The number of ether oxygens (including phenoxy) is 1. The Labute approximate surface area is 246 Å². The molecule has 0 saturated heterocycles. The zero-order valence-corrected chi connectivity index (χ0v) is 23.4. The molecule has 0 aliphatic rings. The Hall–Kier alpha value is -3.59. The second-order valence-corrected chi connectivity index (χ2v) is 10.2. The topological polar surface area (TPSA) is 55.6 Å². The van der Waals surface area contributed by atoms with Gasteiger partial charge in [0.05, 0.1) is 28.2 Å². The van der Waals surface area contributed by atoms with Gasteiger partial charge in [-0.1, -0.05) is 96.0 Å². The van der Waals surface area contributed by atoms with Crippen LogP contribution in [-0.2, 0) is 12.7 Å². The van der Waals surface area contributed by atoms with Crippen molar-refractivity contribution in [2.75, 3.05) is 19.7 Å². The van der Waals surface area contributed by atoms with Crippen LogP contribution < -0.4 is 4.74 Å². The van der Waals surface area contributed by atoms with Gasteiger partial charge < -0.3 is 4.74 Å². The molecule has 4 aromatic rings. The van der Waals surface area contributed by atoms with Crippen molar-refractivity contribution >= 4 is 28.9 Å². The number of halogens is 5. The number of hydrogen-bond donors (Lipinski definition) is 0. The number of rotatable bonds is 12. The molecule has 0 radical (unpaired) electrons. The van der Waals surface area contributed by atoms with Crippen molar-refractivity contribution in [3.05, 3.63) is 139 Å². The Morgan fingerprint density at radius 2 is 1.51 bits per heavy atom. The molecule has 4 aromatic carbocycles. The van der Waals surface area contributed by atoms with E-state index in [9.17, 15) is 23.3 Å². The molecule has 5 nitrogen and oxygen atoms in total. The van der Waals surface area contributed by atoms with Gasteiger partial charge in [0.25, 0.3) is 5.69 Å². The van der Waals surface area contributed by atoms with E-state index in [0.29, 0.717) is 30.8 Å². The summed E-state index contributed by atoms with van der Waals surface area (Å²) < 4.78 is 46.5. The highest BCUT2D eigenvalue weighted by Gasteiger charge is 2.34. The molecule has 0 aliphatic heterocycles. The molecule has 4 rings (SSSR count). The van der Waals surface area contributed by atoms with Gasteiger partial charge in [-0.3, -0.25) is 15.0 Å². The fraction of sp³-hybridized carbons (Fsp3) is 0.226. The van der Waals surface area contributed by atoms with Crippen LogP contribution in [0.2, 0.25) is 10.0 Å². The Balaban J connectivity index is 1.56. The van der Waals surface area contributed by atoms with Gasteiger partial charge in [0.15, 0.2) is 0 Å². The van der Waals surface area contributed by atoms with Crippen molar-refractivity contribution in [3.8, 4) is 5.75 Å². The molecule has 214 valence electrons. The summed E-state index contributed by atoms with van der Waals surface area (Å²) >= 11 is 12.2. The fourth-order valence-corrected chi connectivity index (χ4v) is 5.11. The van der Waals surface area contributed by atoms with Gasteiger partial charge in [-0.15, -0.1) is 0 Å². The van der Waals surface area contributed by atoms with Gasteiger partial charge in [-0.2, -0.15) is 13.2 Å². The van der Waals surface area contributed by atoms with Gasteiger partial charge >= 0.3 is 6.18 Å². The van der Waals surface area contributed by atoms with Crippen LogP contribution in [0.4, 0.5) is 18.9 Å². The maximum absolute atomic E-state index is 13.6. The molecule has 0 atom stereocenters. The van der Waals surface area contributed by atoms with Crippen molar-refractivity contribution in [3.63, 3.8) is 0 Å². The molecule has 0 amide bonds. The molecule has 0 fully saturated rings. The predicted octanol–water partition coefficient (Wildman–Crippen LogP) is 9.02. The second-order valence-electron chi connectivity index (χ2n) is 9.46. The van der Waals surface area contributed by atoms with Crippen molar-refractivity contribution in [1.82, 2.24) is 4.90 Å². The molecule has 10 heteroatoms. The average molecular weight is 603 g/mol. The summed E-state index contributed by atoms with van der Waals surface area (Å²) in [6, 6.07) is 28.0. The molecule has 41 heavy (non-hydrogen) atoms. The third-order valence-corrected chi connectivity index (χ3v) is 7.39. The Morgan fingerprint density at radius 3 is 2.10 bits per heavy atom. The second kappa shape index (κ2) is 13.9. The SMILES string of the molecule is O=[N+]([O-])c1cc(OCCCN(Cc2cccc(C(F)(F)F)c2Cl)CC(c2ccccc2)c2ccccc2)ccc1Cl. The van der Waals surface area contributed by atoms with Crippen LogP contribution in [-0.4, -0.2) is 29.5 Å². The minimum absolute atomic E-state index is 0.0133. The van der Waals surface area contributed by atoms with Crippen LogP contribution in [0.5, 0.6) is 5.75 Å². The largest absolute Gasteiger partial charge is 0.493 e. The summed E-state index contributed by atoms with van der Waals surface area (Å²) in [6.45, 7) is 1.39. The molecule has 0 saturated carbocycles. The summed E-state index contributed by atoms with van der Waals surface area (Å²) in [4.78, 5) is 12.7. The third-order valence-electron chi connectivity index (χ3n) is 6.62. The van der Waals surface area contributed by atoms with Gasteiger partial charge in [0.1, 0.15) is 10.8 Å². The van der Waals surface area contributed by atoms with Gasteiger partial charge in [0.2, 0.25) is 0 Å². The summed E-state index contributed by atoms with van der Waals surface area (Å²) in [5, 5.41) is 10.9. The Morgan fingerprint density at radius 1 is 0.878 bits per heavy atom. The summed E-state index contributed by atoms with van der Waals surface area (Å²) in [6.07, 6.45) is -4.06. The Bertz CT molecular complexity index is 1410. The Kier molecular flexibility index (Phi) is 10.3. The van der Waals surface area contributed by atoms with Crippen molar-refractivity contribution in [2.45, 2.75) is 25.1 Å². The maximum atomic E-state index is 13.6. The molecule has 0 N–H and O–H groups in total. The molecule has 0 heterocycles. The highest BCUT2D eigenvalue weighted by molar-refractivity contribution is 6.32. The summed E-state index contributed by atoms with van der Waals surface area (Å²) in [5.41, 5.74) is 1.40. The van der Waals surface area contributed by atoms with Crippen LogP contribution in [0, 0.1) is 10.1 Å². The lowest BCUT2D eigenvalue weighted by Crippen LogP contribution is -2.31. The molecule has 0 spiro atoms. The standard InChI is InChI=1S/C31H27Cl2F3N2O3/c32-28-16-15-25(19-29(28)38(39)40)41-18-8-17-37(20-24-13-7-14-27(30(24)33)31(34,35)36)21-26(22-9-3-1-4-10-22)23-11-5-2-6-12-23/h1-7,9-16,19,26H,8,17-18,20-21H2. The van der Waals surface area contributed by atoms with E-state index in [2.05, 4.69) is 4.90 Å². The van der Waals surface area contributed by atoms with E-state index in [-0.39, 0.29) is 34.8 Å². The molecular weight excluding hydrogens is 576 g/mol. The van der Waals surface area contributed by atoms with Crippen molar-refractivity contribution in [1.29, 1.82) is 0 Å². The molecular formula is C31H27Cl2F3N2O3. The van der Waals surface area contributed by atoms with Gasteiger partial charge in [-0.05, 0) is 41.3 Å². The molecule has 0 unspecified atom stereocenters. The first-order valence-corrected chi connectivity index (χ1v) is 13.6. The quantitative estimate of drug-likeness (QED) is 0.0922. The van der Waals surface area contributed by atoms with E-state index < -0.39 is 16.7 Å². The highest BCUT2D eigenvalue weighted by Crippen LogP contribution is 2.37. The number of nitro groups is 1. The van der Waals surface area contributed by atoms with Crippen LogP contribution in [0.25, 0.3) is 0 Å². The lowest BCUT2D eigenvalue weighted by atomic mass is 9.90. The summed E-state index contributed by atoms with van der Waals surface area (Å²) in [5.74, 6) is 0.252. The van der Waals surface area contributed by atoms with Gasteiger partial charge in [0, 0.05) is 25.6 Å². The predicted molar refractivity (Wildman–Crippen MR) is 155 cm³/mol. The molecule has 0 aromatic heterocycles. The number of alkyl halides is 3. The van der Waals surface area contributed by atoms with Crippen LogP contribution in [0.1, 0.15) is 34.6 Å². The minimum atomic E-state index is -4.57. The lowest BCUT2D eigenvalue weighted by molar-refractivity contribution is -0.384. The lowest BCUT2D eigenvalue weighted by Gasteiger charge is -2.29. The monoisotopic (exact) mass is 602 g/mol. The number of nitrogens with zero attached hydrogens (tertiary/aromatic N) is 2. The first-order chi connectivity index (χ1) is 19.6. The normalized spacial score (nSPS) is 11.7. The zero-order valence-electron chi connectivity index (χ0n) is 21.9. The van der Waals surface area contributed by atoms with E-state index >= 15 is 0 Å².